The van der Waals surface area contributed by atoms with Crippen LogP contribution in [0.25, 0.3) is 10.9 Å². The number of anilines is 2. The monoisotopic (exact) mass is 690 g/mol. The number of fused-ring (bicyclic) bond motifs is 1. The molecule has 48 heavy (non-hydrogen) atoms. The minimum absolute atomic E-state index is 0.0227. The van der Waals surface area contributed by atoms with Gasteiger partial charge in [-0.1, -0.05) is 41.9 Å². The molecule has 8 nitrogen and oxygen atoms in total. The van der Waals surface area contributed by atoms with Crippen molar-refractivity contribution >= 4 is 43.8 Å². The van der Waals surface area contributed by atoms with E-state index < -0.39 is 21.3 Å². The topological polar surface area (TPSA) is 102 Å². The Hall–Kier alpha value is -4.58. The highest BCUT2D eigenvalue weighted by Gasteiger charge is 2.38. The SMILES string of the molecule is O=S(=O)(CCNCCCC1(c2cc3c(Nc4ccc(OCc5cccc(F)c5)c(Cl)c4)ncnc3cc2F)CC=CO1)c1ccccc1. The van der Waals surface area contributed by atoms with E-state index in [0.717, 1.165) is 0 Å². The van der Waals surface area contributed by atoms with Gasteiger partial charge >= 0.3 is 0 Å². The van der Waals surface area contributed by atoms with Crippen LogP contribution in [0, 0.1) is 11.6 Å². The third kappa shape index (κ3) is 7.75. The number of hydrogen-bond donors (Lipinski definition) is 2. The summed E-state index contributed by atoms with van der Waals surface area (Å²) in [5.41, 5.74) is 1.15. The number of sulfone groups is 1. The number of rotatable bonds is 14. The van der Waals surface area contributed by atoms with Crippen molar-refractivity contribution in [2.45, 2.75) is 36.4 Å². The average molecular weight is 691 g/mol. The minimum Gasteiger partial charge on any atom is -0.490 e. The van der Waals surface area contributed by atoms with Crippen molar-refractivity contribution < 1.29 is 26.7 Å². The zero-order valence-corrected chi connectivity index (χ0v) is 27.4. The van der Waals surface area contributed by atoms with Crippen molar-refractivity contribution in [3.63, 3.8) is 0 Å². The number of nitrogens with zero attached hydrogens (tertiary/aromatic N) is 2. The molecule has 0 saturated heterocycles. The number of halogens is 3. The Labute approximate surface area is 282 Å². The summed E-state index contributed by atoms with van der Waals surface area (Å²) in [7, 11) is -3.38. The van der Waals surface area contributed by atoms with Crippen LogP contribution < -0.4 is 15.4 Å². The summed E-state index contributed by atoms with van der Waals surface area (Å²) < 4.78 is 66.2. The van der Waals surface area contributed by atoms with E-state index in [1.54, 1.807) is 73.0 Å². The Balaban J connectivity index is 1.13. The Morgan fingerprint density at radius 1 is 0.958 bits per heavy atom. The molecule has 2 heterocycles. The van der Waals surface area contributed by atoms with Crippen molar-refractivity contribution in [2.75, 3.05) is 24.2 Å². The highest BCUT2D eigenvalue weighted by molar-refractivity contribution is 7.91. The lowest BCUT2D eigenvalue weighted by atomic mass is 9.85. The average Bonchev–Trinajstić information content (AvgIpc) is 3.56. The molecule has 0 saturated carbocycles. The van der Waals surface area contributed by atoms with Crippen LogP contribution in [0.5, 0.6) is 5.75 Å². The number of benzene rings is 4. The molecule has 0 aliphatic carbocycles. The number of aromatic nitrogens is 2. The maximum atomic E-state index is 15.7. The first-order chi connectivity index (χ1) is 23.2. The highest BCUT2D eigenvalue weighted by atomic mass is 35.5. The van der Waals surface area contributed by atoms with Crippen molar-refractivity contribution in [1.29, 1.82) is 0 Å². The summed E-state index contributed by atoms with van der Waals surface area (Å²) in [6.45, 7) is 0.980. The van der Waals surface area contributed by atoms with Gasteiger partial charge in [-0.3, -0.25) is 0 Å². The molecule has 0 fully saturated rings. The van der Waals surface area contributed by atoms with E-state index in [1.165, 1.54) is 24.5 Å². The molecule has 4 aromatic carbocycles. The Morgan fingerprint density at radius 2 is 1.81 bits per heavy atom. The molecular weight excluding hydrogens is 658 g/mol. The number of hydrogen-bond acceptors (Lipinski definition) is 8. The molecule has 5 aromatic rings. The molecule has 0 amide bonds. The fourth-order valence-corrected chi connectivity index (χ4v) is 7.11. The quantitative estimate of drug-likeness (QED) is 0.114. The molecule has 12 heteroatoms. The van der Waals surface area contributed by atoms with Gasteiger partial charge in [0.05, 0.1) is 27.4 Å². The molecule has 0 radical (unpaired) electrons. The van der Waals surface area contributed by atoms with Crippen LogP contribution in [0.4, 0.5) is 20.3 Å². The van der Waals surface area contributed by atoms with Gasteiger partial charge in [-0.2, -0.15) is 0 Å². The van der Waals surface area contributed by atoms with Gasteiger partial charge in [0.1, 0.15) is 41.7 Å². The fraction of sp³-hybridized carbons (Fsp3) is 0.222. The smallest absolute Gasteiger partial charge is 0.179 e. The van der Waals surface area contributed by atoms with Gasteiger partial charge in [0, 0.05) is 35.7 Å². The van der Waals surface area contributed by atoms with Gasteiger partial charge in [-0.15, -0.1) is 0 Å². The van der Waals surface area contributed by atoms with Gasteiger partial charge in [0.15, 0.2) is 9.84 Å². The van der Waals surface area contributed by atoms with Gasteiger partial charge in [-0.25, -0.2) is 27.2 Å². The molecule has 0 spiro atoms. The predicted molar refractivity (Wildman–Crippen MR) is 182 cm³/mol. The van der Waals surface area contributed by atoms with Crippen molar-refractivity contribution in [2.24, 2.45) is 0 Å². The first-order valence-corrected chi connectivity index (χ1v) is 17.5. The summed E-state index contributed by atoms with van der Waals surface area (Å²) >= 11 is 6.51. The van der Waals surface area contributed by atoms with E-state index in [4.69, 9.17) is 21.1 Å². The minimum atomic E-state index is -3.38. The zero-order chi connectivity index (χ0) is 33.6. The molecule has 2 N–H and O–H groups in total. The Bertz CT molecular complexity index is 2040. The highest BCUT2D eigenvalue weighted by Crippen LogP contribution is 2.42. The molecule has 1 unspecified atom stereocenters. The first kappa shape index (κ1) is 33.3. The van der Waals surface area contributed by atoms with E-state index in [1.807, 2.05) is 6.08 Å². The standard InChI is InChI=1S/C36H33ClF2N4O4S/c37-31-20-27(11-12-34(31)46-23-25-7-4-8-26(38)19-25)43-35-29-21-30(32(39)22-33(29)41-24-42-35)36(14-6-17-47-36)13-5-15-40-16-18-48(44,45)28-9-2-1-3-10-28/h1-4,6-12,17,19-22,24,40H,5,13-16,18,23H2,(H,41,42,43). The molecule has 1 atom stereocenters. The Morgan fingerprint density at radius 3 is 2.58 bits per heavy atom. The largest absolute Gasteiger partial charge is 0.490 e. The molecule has 6 rings (SSSR count). The summed E-state index contributed by atoms with van der Waals surface area (Å²) in [5, 5.41) is 7.39. The molecule has 1 aromatic heterocycles. The van der Waals surface area contributed by atoms with Gasteiger partial charge < -0.3 is 20.1 Å². The van der Waals surface area contributed by atoms with Crippen molar-refractivity contribution in [1.82, 2.24) is 15.3 Å². The van der Waals surface area contributed by atoms with E-state index in [2.05, 4.69) is 20.6 Å². The zero-order valence-electron chi connectivity index (χ0n) is 25.8. The van der Waals surface area contributed by atoms with E-state index in [-0.39, 0.29) is 18.2 Å². The molecular formula is C36H33ClF2N4O4S. The van der Waals surface area contributed by atoms with E-state index >= 15 is 4.39 Å². The number of nitrogens with one attached hydrogen (secondary N) is 2. The molecule has 1 aliphatic rings. The summed E-state index contributed by atoms with van der Waals surface area (Å²) in [6, 6.07) is 22.8. The van der Waals surface area contributed by atoms with Crippen LogP contribution in [-0.2, 0) is 26.8 Å². The fourth-order valence-electron chi connectivity index (χ4n) is 5.66. The summed E-state index contributed by atoms with van der Waals surface area (Å²) in [4.78, 5) is 9.01. The van der Waals surface area contributed by atoms with Crippen molar-refractivity contribution in [3.05, 3.63) is 131 Å². The Kier molecular flexibility index (Phi) is 10.2. The van der Waals surface area contributed by atoms with E-state index in [0.29, 0.717) is 81.6 Å². The lowest BCUT2D eigenvalue weighted by Crippen LogP contribution is -2.29. The second-order valence-electron chi connectivity index (χ2n) is 11.4. The molecule has 248 valence electrons. The maximum Gasteiger partial charge on any atom is 0.179 e. The van der Waals surface area contributed by atoms with Gasteiger partial charge in [0.25, 0.3) is 0 Å². The van der Waals surface area contributed by atoms with Crippen LogP contribution >= 0.6 is 11.6 Å². The second kappa shape index (κ2) is 14.7. The molecule has 1 aliphatic heterocycles. The van der Waals surface area contributed by atoms with Gasteiger partial charge in [0.2, 0.25) is 0 Å². The second-order valence-corrected chi connectivity index (χ2v) is 14.0. The van der Waals surface area contributed by atoms with Crippen molar-refractivity contribution in [3.8, 4) is 5.75 Å². The number of ether oxygens (including phenoxy) is 2. The van der Waals surface area contributed by atoms with E-state index in [9.17, 15) is 12.8 Å². The molecule has 0 bridgehead atoms. The third-order valence-corrected chi connectivity index (χ3v) is 10.1. The van der Waals surface area contributed by atoms with Gasteiger partial charge in [-0.05, 0) is 79.6 Å². The summed E-state index contributed by atoms with van der Waals surface area (Å²) in [6.07, 6.45) is 6.39. The van der Waals surface area contributed by atoms with Crippen LogP contribution in [0.3, 0.4) is 0 Å². The lowest BCUT2D eigenvalue weighted by Gasteiger charge is -2.30. The maximum absolute atomic E-state index is 15.7. The van der Waals surface area contributed by atoms with Crippen LogP contribution in [0.15, 0.2) is 108 Å². The normalized spacial score (nSPS) is 15.8. The first-order valence-electron chi connectivity index (χ1n) is 15.4. The third-order valence-electron chi connectivity index (χ3n) is 8.11. The van der Waals surface area contributed by atoms with Crippen LogP contribution in [-0.4, -0.2) is 37.2 Å². The summed E-state index contributed by atoms with van der Waals surface area (Å²) in [5.74, 6) is 0.0769. The lowest BCUT2D eigenvalue weighted by molar-refractivity contribution is 0.0273. The predicted octanol–water partition coefficient (Wildman–Crippen LogP) is 7.86. The van der Waals surface area contributed by atoms with Crippen LogP contribution in [0.1, 0.15) is 30.4 Å². The van der Waals surface area contributed by atoms with Crippen LogP contribution in [0.2, 0.25) is 5.02 Å².